The Labute approximate surface area is 147 Å². The van der Waals surface area contributed by atoms with Gasteiger partial charge in [0.1, 0.15) is 6.10 Å². The predicted octanol–water partition coefficient (Wildman–Crippen LogP) is 2.83. The second kappa shape index (κ2) is 6.95. The van der Waals surface area contributed by atoms with E-state index in [1.807, 2.05) is 54.7 Å². The average Bonchev–Trinajstić information content (AvgIpc) is 2.81. The molecule has 1 aromatic heterocycles. The van der Waals surface area contributed by atoms with Crippen molar-refractivity contribution in [3.8, 4) is 0 Å². The number of carbonyl (C=O) groups is 1. The first-order valence-electron chi connectivity index (χ1n) is 8.10. The van der Waals surface area contributed by atoms with Crippen molar-refractivity contribution in [2.24, 2.45) is 7.05 Å². The van der Waals surface area contributed by atoms with Crippen LogP contribution in [0, 0.1) is 13.8 Å². The molecule has 1 saturated heterocycles. The zero-order valence-electron chi connectivity index (χ0n) is 14.3. The van der Waals surface area contributed by atoms with Gasteiger partial charge in [-0.1, -0.05) is 29.8 Å². The molecular weight excluding hydrogens is 326 g/mol. The standard InChI is InChI=1S/C18H22ClN3O2/c1-12-15(13(2)21(3)20-12)10-18(23)22-8-9-24-17(11-22)14-6-4-5-7-16(14)19/h4-7,17H,8-11H2,1-3H3. The average molecular weight is 348 g/mol. The van der Waals surface area contributed by atoms with E-state index in [1.165, 1.54) is 0 Å². The summed E-state index contributed by atoms with van der Waals surface area (Å²) in [6.45, 7) is 5.60. The Hall–Kier alpha value is -1.85. The largest absolute Gasteiger partial charge is 0.370 e. The van der Waals surface area contributed by atoms with Gasteiger partial charge in [-0.2, -0.15) is 5.10 Å². The van der Waals surface area contributed by atoms with Crippen LogP contribution in [0.3, 0.4) is 0 Å². The Kier molecular flexibility index (Phi) is 4.92. The molecule has 6 heteroatoms. The number of ether oxygens (including phenoxy) is 1. The number of benzene rings is 1. The number of hydrogen-bond donors (Lipinski definition) is 0. The topological polar surface area (TPSA) is 47.4 Å². The zero-order chi connectivity index (χ0) is 17.3. The Morgan fingerprint density at radius 3 is 2.79 bits per heavy atom. The summed E-state index contributed by atoms with van der Waals surface area (Å²) in [5.74, 6) is 0.106. The minimum atomic E-state index is -0.174. The van der Waals surface area contributed by atoms with E-state index in [-0.39, 0.29) is 12.0 Å². The summed E-state index contributed by atoms with van der Waals surface area (Å²) in [5, 5.41) is 5.06. The molecule has 1 aliphatic heterocycles. The summed E-state index contributed by atoms with van der Waals surface area (Å²) in [5.41, 5.74) is 3.91. The van der Waals surface area contributed by atoms with Gasteiger partial charge in [-0.15, -0.1) is 0 Å². The lowest BCUT2D eigenvalue weighted by Gasteiger charge is -2.33. The summed E-state index contributed by atoms with van der Waals surface area (Å²) in [6.07, 6.45) is 0.202. The van der Waals surface area contributed by atoms with Crippen molar-refractivity contribution in [1.82, 2.24) is 14.7 Å². The van der Waals surface area contributed by atoms with E-state index in [4.69, 9.17) is 16.3 Å². The van der Waals surface area contributed by atoms with Gasteiger partial charge in [-0.05, 0) is 19.9 Å². The molecular formula is C18H22ClN3O2. The normalized spacial score (nSPS) is 18.0. The smallest absolute Gasteiger partial charge is 0.227 e. The van der Waals surface area contributed by atoms with Crippen LogP contribution in [0.25, 0.3) is 0 Å². The summed E-state index contributed by atoms with van der Waals surface area (Å²) in [7, 11) is 1.90. The molecule has 1 fully saturated rings. The third-order valence-electron chi connectivity index (χ3n) is 4.66. The highest BCUT2D eigenvalue weighted by Gasteiger charge is 2.27. The van der Waals surface area contributed by atoms with Crippen LogP contribution < -0.4 is 0 Å². The van der Waals surface area contributed by atoms with Crippen molar-refractivity contribution in [1.29, 1.82) is 0 Å². The number of aryl methyl sites for hydroxylation is 2. The number of rotatable bonds is 3. The van der Waals surface area contributed by atoms with E-state index < -0.39 is 0 Å². The molecule has 1 aliphatic rings. The number of hydrogen-bond acceptors (Lipinski definition) is 3. The van der Waals surface area contributed by atoms with E-state index in [0.717, 1.165) is 22.5 Å². The highest BCUT2D eigenvalue weighted by Crippen LogP contribution is 2.28. The Morgan fingerprint density at radius 2 is 2.12 bits per heavy atom. The van der Waals surface area contributed by atoms with Crippen LogP contribution in [0.1, 0.15) is 28.6 Å². The van der Waals surface area contributed by atoms with Crippen molar-refractivity contribution >= 4 is 17.5 Å². The van der Waals surface area contributed by atoms with Crippen LogP contribution in [-0.4, -0.2) is 40.3 Å². The van der Waals surface area contributed by atoms with Crippen molar-refractivity contribution < 1.29 is 9.53 Å². The molecule has 1 amide bonds. The second-order valence-electron chi connectivity index (χ2n) is 6.17. The number of halogens is 1. The molecule has 5 nitrogen and oxygen atoms in total. The van der Waals surface area contributed by atoms with Gasteiger partial charge in [0.25, 0.3) is 0 Å². The van der Waals surface area contributed by atoms with Gasteiger partial charge in [0, 0.05) is 35.4 Å². The number of nitrogens with zero attached hydrogens (tertiary/aromatic N) is 3. The van der Waals surface area contributed by atoms with E-state index in [0.29, 0.717) is 31.1 Å². The molecule has 24 heavy (non-hydrogen) atoms. The van der Waals surface area contributed by atoms with Crippen LogP contribution >= 0.6 is 11.6 Å². The fourth-order valence-corrected chi connectivity index (χ4v) is 3.39. The van der Waals surface area contributed by atoms with Crippen LogP contribution in [0.2, 0.25) is 5.02 Å². The molecule has 1 aromatic carbocycles. The molecule has 1 unspecified atom stereocenters. The van der Waals surface area contributed by atoms with Gasteiger partial charge in [0.15, 0.2) is 0 Å². The van der Waals surface area contributed by atoms with Crippen molar-refractivity contribution in [3.63, 3.8) is 0 Å². The SMILES string of the molecule is Cc1nn(C)c(C)c1CC(=O)N1CCOC(c2ccccc2Cl)C1. The molecule has 1 atom stereocenters. The number of morpholine rings is 1. The van der Waals surface area contributed by atoms with Gasteiger partial charge in [-0.25, -0.2) is 0 Å². The number of carbonyl (C=O) groups excluding carboxylic acids is 1. The van der Waals surface area contributed by atoms with E-state index >= 15 is 0 Å². The number of aromatic nitrogens is 2. The van der Waals surface area contributed by atoms with Gasteiger partial charge < -0.3 is 9.64 Å². The third kappa shape index (κ3) is 3.32. The molecule has 128 valence electrons. The molecule has 0 saturated carbocycles. The Bertz CT molecular complexity index is 757. The van der Waals surface area contributed by atoms with Crippen molar-refractivity contribution in [2.45, 2.75) is 26.4 Å². The Balaban J connectivity index is 1.73. The lowest BCUT2D eigenvalue weighted by atomic mass is 10.1. The van der Waals surface area contributed by atoms with Crippen molar-refractivity contribution in [3.05, 3.63) is 51.8 Å². The molecule has 0 N–H and O–H groups in total. The van der Waals surface area contributed by atoms with E-state index in [9.17, 15) is 4.79 Å². The molecule has 0 radical (unpaired) electrons. The van der Waals surface area contributed by atoms with E-state index in [1.54, 1.807) is 0 Å². The minimum Gasteiger partial charge on any atom is -0.370 e. The van der Waals surface area contributed by atoms with E-state index in [2.05, 4.69) is 5.10 Å². The molecule has 0 bridgehead atoms. The number of amides is 1. The summed E-state index contributed by atoms with van der Waals surface area (Å²) < 4.78 is 7.66. The molecule has 0 spiro atoms. The molecule has 0 aliphatic carbocycles. The molecule has 2 aromatic rings. The third-order valence-corrected chi connectivity index (χ3v) is 5.00. The maximum absolute atomic E-state index is 12.7. The predicted molar refractivity (Wildman–Crippen MR) is 93.1 cm³/mol. The highest BCUT2D eigenvalue weighted by molar-refractivity contribution is 6.31. The van der Waals surface area contributed by atoms with Crippen LogP contribution in [-0.2, 0) is 23.0 Å². The Morgan fingerprint density at radius 1 is 1.38 bits per heavy atom. The first-order valence-corrected chi connectivity index (χ1v) is 8.48. The quantitative estimate of drug-likeness (QED) is 0.857. The van der Waals surface area contributed by atoms with Gasteiger partial charge in [0.2, 0.25) is 5.91 Å². The first kappa shape index (κ1) is 17.0. The van der Waals surface area contributed by atoms with Gasteiger partial charge >= 0.3 is 0 Å². The summed E-state index contributed by atoms with van der Waals surface area (Å²) in [4.78, 5) is 14.6. The lowest BCUT2D eigenvalue weighted by molar-refractivity contribution is -0.138. The summed E-state index contributed by atoms with van der Waals surface area (Å²) >= 11 is 6.26. The first-order chi connectivity index (χ1) is 11.5. The highest BCUT2D eigenvalue weighted by atomic mass is 35.5. The van der Waals surface area contributed by atoms with Crippen LogP contribution in [0.5, 0.6) is 0 Å². The van der Waals surface area contributed by atoms with Gasteiger partial charge in [0.05, 0.1) is 25.3 Å². The maximum atomic E-state index is 12.7. The second-order valence-corrected chi connectivity index (χ2v) is 6.58. The summed E-state index contributed by atoms with van der Waals surface area (Å²) in [6, 6.07) is 7.64. The minimum absolute atomic E-state index is 0.106. The molecule has 3 rings (SSSR count). The lowest BCUT2D eigenvalue weighted by Crippen LogP contribution is -2.43. The maximum Gasteiger partial charge on any atom is 0.227 e. The molecule has 2 heterocycles. The van der Waals surface area contributed by atoms with Gasteiger partial charge in [-0.3, -0.25) is 9.48 Å². The van der Waals surface area contributed by atoms with Crippen molar-refractivity contribution in [2.75, 3.05) is 19.7 Å². The van der Waals surface area contributed by atoms with Crippen LogP contribution in [0.4, 0.5) is 0 Å². The fraction of sp³-hybridized carbons (Fsp3) is 0.444. The zero-order valence-corrected chi connectivity index (χ0v) is 15.0. The van der Waals surface area contributed by atoms with Crippen LogP contribution in [0.15, 0.2) is 24.3 Å². The fourth-order valence-electron chi connectivity index (χ4n) is 3.14. The monoisotopic (exact) mass is 347 g/mol.